The maximum atomic E-state index is 9.08. The second kappa shape index (κ2) is 7.53. The third-order valence-corrected chi connectivity index (χ3v) is 1.68. The molecular formula is C9H22N2O. The second-order valence-corrected chi connectivity index (χ2v) is 3.12. The molecule has 0 spiro atoms. The van der Waals surface area contributed by atoms with E-state index in [1.165, 1.54) is 6.42 Å². The maximum absolute atomic E-state index is 9.08. The average molecular weight is 174 g/mol. The molecule has 3 heteroatoms. The Morgan fingerprint density at radius 2 is 1.75 bits per heavy atom. The first kappa shape index (κ1) is 11.9. The van der Waals surface area contributed by atoms with Crippen LogP contribution in [0.3, 0.4) is 0 Å². The van der Waals surface area contributed by atoms with Gasteiger partial charge in [-0.1, -0.05) is 20.3 Å². The molecule has 1 heterocycles. The number of piperazine rings is 1. The van der Waals surface area contributed by atoms with Crippen molar-refractivity contribution in [3.8, 4) is 0 Å². The van der Waals surface area contributed by atoms with Crippen molar-refractivity contribution in [2.24, 2.45) is 0 Å². The molecule has 0 amide bonds. The van der Waals surface area contributed by atoms with Gasteiger partial charge in [0.2, 0.25) is 0 Å². The molecule has 1 saturated heterocycles. The number of aliphatic hydroxyl groups excluding tert-OH is 1. The highest BCUT2D eigenvalue weighted by Crippen LogP contribution is 1.95. The molecule has 0 aliphatic carbocycles. The van der Waals surface area contributed by atoms with Gasteiger partial charge in [-0.2, -0.15) is 0 Å². The van der Waals surface area contributed by atoms with Crippen LogP contribution in [-0.2, 0) is 0 Å². The van der Waals surface area contributed by atoms with E-state index in [0.29, 0.717) is 0 Å². The molecule has 1 atom stereocenters. The van der Waals surface area contributed by atoms with Gasteiger partial charge in [-0.15, -0.1) is 0 Å². The predicted octanol–water partition coefficient (Wildman–Crippen LogP) is 0.646. The van der Waals surface area contributed by atoms with Gasteiger partial charge < -0.3 is 10.4 Å². The van der Waals surface area contributed by atoms with Crippen molar-refractivity contribution in [2.75, 3.05) is 26.2 Å². The summed E-state index contributed by atoms with van der Waals surface area (Å²) in [6.07, 6.45) is 0.979. The molecule has 74 valence electrons. The van der Waals surface area contributed by atoms with E-state index >= 15 is 0 Å². The molecule has 0 saturated carbocycles. The largest absolute Gasteiger partial charge is 0.379 e. The van der Waals surface area contributed by atoms with Gasteiger partial charge in [0.1, 0.15) is 6.23 Å². The number of aliphatic hydroxyl groups is 1. The van der Waals surface area contributed by atoms with Gasteiger partial charge >= 0.3 is 0 Å². The van der Waals surface area contributed by atoms with Gasteiger partial charge in [-0.25, -0.2) is 0 Å². The summed E-state index contributed by atoms with van der Waals surface area (Å²) in [5.74, 6) is 0. The Balaban J connectivity index is 0.000000354. The SMILES string of the molecule is CC(O)N1CCNCC1.CCC. The maximum Gasteiger partial charge on any atom is 0.104 e. The Labute approximate surface area is 75.8 Å². The monoisotopic (exact) mass is 174 g/mol. The average Bonchev–Trinajstić information content (AvgIpc) is 2.07. The van der Waals surface area contributed by atoms with Gasteiger partial charge in [0.25, 0.3) is 0 Å². The lowest BCUT2D eigenvalue weighted by Crippen LogP contribution is -2.47. The van der Waals surface area contributed by atoms with Crippen molar-refractivity contribution in [1.29, 1.82) is 0 Å². The van der Waals surface area contributed by atoms with Crippen LogP contribution in [0.5, 0.6) is 0 Å². The summed E-state index contributed by atoms with van der Waals surface area (Å²) in [5, 5.41) is 12.3. The predicted molar refractivity (Wildman–Crippen MR) is 52.1 cm³/mol. The summed E-state index contributed by atoms with van der Waals surface area (Å²) in [6, 6.07) is 0. The van der Waals surface area contributed by atoms with Crippen LogP contribution in [0.4, 0.5) is 0 Å². The molecule has 0 aromatic heterocycles. The summed E-state index contributed by atoms with van der Waals surface area (Å²) in [6.45, 7) is 10.0. The molecule has 3 nitrogen and oxygen atoms in total. The molecule has 1 aliphatic heterocycles. The summed E-state index contributed by atoms with van der Waals surface area (Å²) < 4.78 is 0. The lowest BCUT2D eigenvalue weighted by atomic mass is 10.3. The van der Waals surface area contributed by atoms with E-state index in [1.54, 1.807) is 0 Å². The summed E-state index contributed by atoms with van der Waals surface area (Å²) in [4.78, 5) is 2.05. The van der Waals surface area contributed by atoms with Crippen LogP contribution in [0.15, 0.2) is 0 Å². The highest BCUT2D eigenvalue weighted by atomic mass is 16.3. The first-order chi connectivity index (χ1) is 5.72. The van der Waals surface area contributed by atoms with Crippen molar-refractivity contribution >= 4 is 0 Å². The molecule has 2 N–H and O–H groups in total. The first-order valence-corrected chi connectivity index (χ1v) is 4.85. The molecule has 1 aliphatic rings. The molecule has 1 unspecified atom stereocenters. The minimum Gasteiger partial charge on any atom is -0.379 e. The molecule has 12 heavy (non-hydrogen) atoms. The summed E-state index contributed by atoms with van der Waals surface area (Å²) in [7, 11) is 0. The lowest BCUT2D eigenvalue weighted by molar-refractivity contribution is 0.0112. The van der Waals surface area contributed by atoms with Crippen molar-refractivity contribution in [3.05, 3.63) is 0 Å². The normalized spacial score (nSPS) is 21.0. The van der Waals surface area contributed by atoms with Crippen molar-refractivity contribution < 1.29 is 5.11 Å². The van der Waals surface area contributed by atoms with Crippen molar-refractivity contribution in [2.45, 2.75) is 33.4 Å². The van der Waals surface area contributed by atoms with Crippen LogP contribution in [0.2, 0.25) is 0 Å². The number of hydrogen-bond acceptors (Lipinski definition) is 3. The fourth-order valence-electron chi connectivity index (χ4n) is 1.06. The molecular weight excluding hydrogens is 152 g/mol. The van der Waals surface area contributed by atoms with Crippen LogP contribution in [0.1, 0.15) is 27.2 Å². The fourth-order valence-corrected chi connectivity index (χ4v) is 1.06. The van der Waals surface area contributed by atoms with Gasteiger partial charge in [0.15, 0.2) is 0 Å². The van der Waals surface area contributed by atoms with E-state index in [0.717, 1.165) is 26.2 Å². The van der Waals surface area contributed by atoms with Crippen molar-refractivity contribution in [1.82, 2.24) is 10.2 Å². The molecule has 1 fully saturated rings. The minimum atomic E-state index is -0.271. The van der Waals surface area contributed by atoms with Gasteiger partial charge in [0.05, 0.1) is 0 Å². The third kappa shape index (κ3) is 5.52. The van der Waals surface area contributed by atoms with Crippen LogP contribution < -0.4 is 5.32 Å². The third-order valence-electron chi connectivity index (χ3n) is 1.68. The van der Waals surface area contributed by atoms with E-state index < -0.39 is 0 Å². The van der Waals surface area contributed by atoms with Crippen LogP contribution in [-0.4, -0.2) is 42.4 Å². The molecule has 0 aromatic carbocycles. The zero-order valence-electron chi connectivity index (χ0n) is 8.51. The Morgan fingerprint density at radius 3 is 2.00 bits per heavy atom. The highest BCUT2D eigenvalue weighted by Gasteiger charge is 2.12. The first-order valence-electron chi connectivity index (χ1n) is 4.85. The second-order valence-electron chi connectivity index (χ2n) is 3.12. The van der Waals surface area contributed by atoms with Crippen molar-refractivity contribution in [3.63, 3.8) is 0 Å². The van der Waals surface area contributed by atoms with Crippen LogP contribution >= 0.6 is 0 Å². The molecule has 0 radical (unpaired) electrons. The summed E-state index contributed by atoms with van der Waals surface area (Å²) in [5.41, 5.74) is 0. The van der Waals surface area contributed by atoms with Gasteiger partial charge in [-0.3, -0.25) is 4.90 Å². The number of hydrogen-bond donors (Lipinski definition) is 2. The Hall–Kier alpha value is -0.120. The van der Waals surface area contributed by atoms with E-state index in [2.05, 4.69) is 24.1 Å². The Morgan fingerprint density at radius 1 is 1.33 bits per heavy atom. The van der Waals surface area contributed by atoms with E-state index in [-0.39, 0.29) is 6.23 Å². The zero-order chi connectivity index (χ0) is 9.40. The topological polar surface area (TPSA) is 35.5 Å². The Bertz CT molecular complexity index is 90.5. The Kier molecular flexibility index (Phi) is 7.45. The number of rotatable bonds is 1. The van der Waals surface area contributed by atoms with Gasteiger partial charge in [-0.05, 0) is 6.92 Å². The van der Waals surface area contributed by atoms with E-state index in [9.17, 15) is 0 Å². The quantitative estimate of drug-likeness (QED) is 0.612. The van der Waals surface area contributed by atoms with E-state index in [1.807, 2.05) is 6.92 Å². The fraction of sp³-hybridized carbons (Fsp3) is 1.00. The lowest BCUT2D eigenvalue weighted by Gasteiger charge is -2.29. The van der Waals surface area contributed by atoms with E-state index in [4.69, 9.17) is 5.11 Å². The van der Waals surface area contributed by atoms with Crippen LogP contribution in [0, 0.1) is 0 Å². The smallest absolute Gasteiger partial charge is 0.104 e. The minimum absolute atomic E-state index is 0.271. The van der Waals surface area contributed by atoms with Crippen LogP contribution in [0.25, 0.3) is 0 Å². The highest BCUT2D eigenvalue weighted by molar-refractivity contribution is 4.67. The van der Waals surface area contributed by atoms with Gasteiger partial charge in [0, 0.05) is 26.2 Å². The standard InChI is InChI=1S/C6H14N2O.C3H8/c1-6(9)8-4-2-7-3-5-8;1-3-2/h6-7,9H,2-5H2,1H3;3H2,1-2H3. The number of nitrogens with one attached hydrogen (secondary N) is 1. The summed E-state index contributed by atoms with van der Waals surface area (Å²) >= 11 is 0. The number of nitrogens with zero attached hydrogens (tertiary/aromatic N) is 1. The molecule has 0 aromatic rings. The zero-order valence-corrected chi connectivity index (χ0v) is 8.51. The molecule has 0 bridgehead atoms. The molecule has 1 rings (SSSR count).